The van der Waals surface area contributed by atoms with Gasteiger partial charge in [-0.3, -0.25) is 5.32 Å². The molecule has 0 radical (unpaired) electrons. The van der Waals surface area contributed by atoms with Gasteiger partial charge in [0.25, 0.3) is 0 Å². The fraction of sp³-hybridized carbons (Fsp3) is 1.00. The molecule has 7 fully saturated rings. The van der Waals surface area contributed by atoms with E-state index < -0.39 is 5.91 Å². The molecule has 3 aliphatic carbocycles. The van der Waals surface area contributed by atoms with Crippen LogP contribution in [0.4, 0.5) is 0 Å². The van der Waals surface area contributed by atoms with E-state index in [0.29, 0.717) is 47.2 Å². The second-order valence-corrected chi connectivity index (χ2v) is 18.9. The minimum atomic E-state index is -0.647. The molecule has 0 aromatic heterocycles. The molecule has 12 atom stereocenters. The van der Waals surface area contributed by atoms with Crippen molar-refractivity contribution in [2.24, 2.45) is 57.7 Å². The zero-order chi connectivity index (χ0) is 29.1. The van der Waals surface area contributed by atoms with Crippen LogP contribution in [0.5, 0.6) is 0 Å². The average molecular weight is 571 g/mol. The monoisotopic (exact) mass is 570 g/mol. The van der Waals surface area contributed by atoms with Crippen molar-refractivity contribution >= 4 is 0 Å². The van der Waals surface area contributed by atoms with Gasteiger partial charge in [-0.05, 0) is 77.9 Å². The summed E-state index contributed by atoms with van der Waals surface area (Å²) >= 11 is 0. The number of nitrogens with zero attached hydrogens (tertiary/aromatic N) is 1. The second kappa shape index (κ2) is 9.90. The molecule has 4 aliphatic heterocycles. The van der Waals surface area contributed by atoms with E-state index in [4.69, 9.17) is 14.2 Å². The summed E-state index contributed by atoms with van der Waals surface area (Å²) in [5, 5.41) is 3.96. The molecule has 0 aromatic carbocycles. The maximum atomic E-state index is 7.52. The lowest BCUT2D eigenvalue weighted by Gasteiger charge is -2.57. The predicted octanol–water partition coefficient (Wildman–Crippen LogP) is 7.79. The van der Waals surface area contributed by atoms with Crippen LogP contribution in [0.1, 0.15) is 127 Å². The standard InChI is InChI=1S/C36H62N2O3/c1-33(2,3)23-14-15-24-26(18-23)36(40-28(34(4,5)6)19-29(41-36)35(7,8)9)38-20-37-32-30(31(24)38)25-16-21-12-10-11-13-22(21)17-27(25)39-32/h21-32,37H,10-20H2,1-9H3. The first-order valence-electron chi connectivity index (χ1n) is 17.7. The molecule has 3 saturated carbocycles. The smallest absolute Gasteiger partial charge is 0.235 e. The molecule has 5 heteroatoms. The van der Waals surface area contributed by atoms with Crippen molar-refractivity contribution in [2.75, 3.05) is 6.67 Å². The molecule has 0 aromatic rings. The van der Waals surface area contributed by atoms with Crippen LogP contribution >= 0.6 is 0 Å². The van der Waals surface area contributed by atoms with E-state index in [1.807, 2.05) is 0 Å². The normalized spacial score (nSPS) is 50.6. The Morgan fingerprint density at radius 2 is 1.32 bits per heavy atom. The highest BCUT2D eigenvalue weighted by Crippen LogP contribution is 2.63. The van der Waals surface area contributed by atoms with E-state index in [2.05, 4.69) is 72.5 Å². The van der Waals surface area contributed by atoms with Crippen LogP contribution < -0.4 is 5.32 Å². The SMILES string of the molecule is CC(C)(C)C1CCC2C3C4C(NCN3C3(OC(C(C)(C)C)CC(C(C)(C)C)O3)C2C1)OC1CC2CCCCC2CC14. The minimum absolute atomic E-state index is 0.0681. The van der Waals surface area contributed by atoms with Gasteiger partial charge < -0.3 is 14.2 Å². The Balaban J connectivity index is 1.29. The van der Waals surface area contributed by atoms with E-state index >= 15 is 0 Å². The van der Waals surface area contributed by atoms with Crippen molar-refractivity contribution in [1.29, 1.82) is 0 Å². The molecule has 7 aliphatic rings. The molecule has 0 bridgehead atoms. The minimum Gasteiger partial charge on any atom is -0.359 e. The van der Waals surface area contributed by atoms with Gasteiger partial charge in [-0.1, -0.05) is 88.0 Å². The Kier molecular flexibility index (Phi) is 7.12. The highest BCUT2D eigenvalue weighted by molar-refractivity contribution is 5.14. The van der Waals surface area contributed by atoms with E-state index in [1.54, 1.807) is 0 Å². The molecule has 0 amide bonds. The van der Waals surface area contributed by atoms with Crippen LogP contribution in [-0.2, 0) is 14.2 Å². The molecule has 41 heavy (non-hydrogen) atoms. The van der Waals surface area contributed by atoms with Crippen molar-refractivity contribution in [3.05, 3.63) is 0 Å². The number of rotatable bonds is 0. The van der Waals surface area contributed by atoms with Crippen molar-refractivity contribution in [3.63, 3.8) is 0 Å². The Hall–Kier alpha value is -0.200. The first-order valence-corrected chi connectivity index (χ1v) is 17.7. The molecule has 1 spiro atoms. The lowest BCUT2D eigenvalue weighted by Crippen LogP contribution is -2.69. The molecule has 4 saturated heterocycles. The molecule has 7 rings (SSSR count). The third-order valence-corrected chi connectivity index (χ3v) is 13.5. The summed E-state index contributed by atoms with van der Waals surface area (Å²) in [6.45, 7) is 22.5. The molecule has 1 N–H and O–H groups in total. The summed E-state index contributed by atoms with van der Waals surface area (Å²) in [6, 6.07) is 0.488. The maximum Gasteiger partial charge on any atom is 0.235 e. The topological polar surface area (TPSA) is 43.0 Å². The summed E-state index contributed by atoms with van der Waals surface area (Å²) in [5.74, 6) is 4.12. The van der Waals surface area contributed by atoms with Gasteiger partial charge in [-0.25, -0.2) is 4.90 Å². The fourth-order valence-corrected chi connectivity index (χ4v) is 11.0. The van der Waals surface area contributed by atoms with Crippen molar-refractivity contribution in [3.8, 4) is 0 Å². The number of hydrogen-bond acceptors (Lipinski definition) is 5. The third-order valence-electron chi connectivity index (χ3n) is 13.5. The van der Waals surface area contributed by atoms with Gasteiger partial charge in [-0.15, -0.1) is 0 Å². The van der Waals surface area contributed by atoms with Gasteiger partial charge in [-0.2, -0.15) is 0 Å². The summed E-state index contributed by atoms with van der Waals surface area (Å²) in [5.41, 5.74) is 0.440. The molecule has 234 valence electrons. The highest BCUT2D eigenvalue weighted by atomic mass is 16.7. The van der Waals surface area contributed by atoms with Crippen molar-refractivity contribution in [1.82, 2.24) is 10.2 Å². The number of nitrogens with one attached hydrogen (secondary N) is 1. The third kappa shape index (κ3) is 4.80. The molecule has 5 nitrogen and oxygen atoms in total. The first kappa shape index (κ1) is 29.5. The zero-order valence-corrected chi connectivity index (χ0v) is 27.9. The lowest BCUT2D eigenvalue weighted by atomic mass is 9.60. The van der Waals surface area contributed by atoms with Crippen LogP contribution in [0.15, 0.2) is 0 Å². The van der Waals surface area contributed by atoms with E-state index in [-0.39, 0.29) is 29.3 Å². The summed E-state index contributed by atoms with van der Waals surface area (Å²) in [4.78, 5) is 2.75. The number of hydrogen-bond donors (Lipinski definition) is 1. The van der Waals surface area contributed by atoms with Crippen molar-refractivity contribution < 1.29 is 14.2 Å². The predicted molar refractivity (Wildman–Crippen MR) is 164 cm³/mol. The van der Waals surface area contributed by atoms with Crippen LogP contribution in [-0.4, -0.2) is 48.1 Å². The first-order chi connectivity index (χ1) is 19.2. The Morgan fingerprint density at radius 1 is 0.683 bits per heavy atom. The second-order valence-electron chi connectivity index (χ2n) is 18.9. The van der Waals surface area contributed by atoms with Gasteiger partial charge in [0.1, 0.15) is 6.23 Å². The molecular weight excluding hydrogens is 508 g/mol. The number of fused-ring (bicyclic) bond motifs is 10. The van der Waals surface area contributed by atoms with E-state index in [1.165, 1.54) is 57.8 Å². The van der Waals surface area contributed by atoms with Gasteiger partial charge in [0.05, 0.1) is 25.0 Å². The maximum absolute atomic E-state index is 7.52. The zero-order valence-electron chi connectivity index (χ0n) is 27.9. The number of ether oxygens (including phenoxy) is 3. The molecule has 4 heterocycles. The highest BCUT2D eigenvalue weighted by Gasteiger charge is 2.71. The lowest BCUT2D eigenvalue weighted by molar-refractivity contribution is -0.415. The van der Waals surface area contributed by atoms with Crippen LogP contribution in [0, 0.1) is 57.7 Å². The average Bonchev–Trinajstić information content (AvgIpc) is 3.38. The van der Waals surface area contributed by atoms with Gasteiger partial charge in [0.2, 0.25) is 5.91 Å². The molecular formula is C36H62N2O3. The fourth-order valence-electron chi connectivity index (χ4n) is 11.0. The largest absolute Gasteiger partial charge is 0.359 e. The van der Waals surface area contributed by atoms with Gasteiger partial charge in [0.15, 0.2) is 0 Å². The van der Waals surface area contributed by atoms with Crippen LogP contribution in [0.2, 0.25) is 0 Å². The van der Waals surface area contributed by atoms with E-state index in [0.717, 1.165) is 24.9 Å². The summed E-state index contributed by atoms with van der Waals surface area (Å²) in [7, 11) is 0. The Morgan fingerprint density at radius 3 is 1.93 bits per heavy atom. The quantitative estimate of drug-likeness (QED) is 0.322. The van der Waals surface area contributed by atoms with Crippen LogP contribution in [0.3, 0.4) is 0 Å². The van der Waals surface area contributed by atoms with E-state index in [9.17, 15) is 0 Å². The van der Waals surface area contributed by atoms with Crippen molar-refractivity contribution in [2.45, 2.75) is 163 Å². The summed E-state index contributed by atoms with van der Waals surface area (Å²) in [6.07, 6.45) is 14.3. The summed E-state index contributed by atoms with van der Waals surface area (Å²) < 4.78 is 22.0. The Bertz CT molecular complexity index is 955. The molecule has 12 unspecified atom stereocenters. The van der Waals surface area contributed by atoms with Gasteiger partial charge in [0, 0.05) is 24.3 Å². The Labute approximate surface area is 251 Å². The van der Waals surface area contributed by atoms with Gasteiger partial charge >= 0.3 is 0 Å². The van der Waals surface area contributed by atoms with Crippen LogP contribution in [0.25, 0.3) is 0 Å².